The van der Waals surface area contributed by atoms with Crippen LogP contribution in [-0.4, -0.2) is 69.6 Å². The molecule has 0 amide bonds. The van der Waals surface area contributed by atoms with E-state index in [1.165, 1.54) is 24.3 Å². The molecule has 0 aliphatic carbocycles. The van der Waals surface area contributed by atoms with Gasteiger partial charge in [0.15, 0.2) is 11.1 Å². The van der Waals surface area contributed by atoms with Crippen molar-refractivity contribution in [3.63, 3.8) is 0 Å². The first kappa shape index (κ1) is 33.2. The van der Waals surface area contributed by atoms with Crippen LogP contribution in [0.5, 0.6) is 0 Å². The van der Waals surface area contributed by atoms with E-state index in [0.717, 1.165) is 0 Å². The maximum atomic E-state index is 12.5. The van der Waals surface area contributed by atoms with Gasteiger partial charge in [0.05, 0.1) is 0 Å². The SMILES string of the molecule is O=C(OCC(Cl)Cl)C(C(=O)OCC(Cl)Cl)=c1ccc(=C(C(=O)OCC(Cl)Cl)C(=O)OCC(Cl)Cl)cc1. The smallest absolute Gasteiger partial charge is 0.346 e. The van der Waals surface area contributed by atoms with E-state index in [0.29, 0.717) is 0 Å². The van der Waals surface area contributed by atoms with Gasteiger partial charge in [0.1, 0.15) is 45.8 Å². The minimum absolute atomic E-state index is 0.0145. The Kier molecular flexibility index (Phi) is 15.6. The van der Waals surface area contributed by atoms with Crippen molar-refractivity contribution in [1.29, 1.82) is 0 Å². The van der Waals surface area contributed by atoms with E-state index in [-0.39, 0.29) is 10.4 Å². The highest BCUT2D eigenvalue weighted by molar-refractivity contribution is 6.46. The van der Waals surface area contributed by atoms with Crippen molar-refractivity contribution in [2.75, 3.05) is 26.4 Å². The number of alkyl halides is 8. The molecule has 0 aliphatic heterocycles. The molecule has 1 aromatic rings. The molecule has 36 heavy (non-hydrogen) atoms. The lowest BCUT2D eigenvalue weighted by Gasteiger charge is -2.11. The van der Waals surface area contributed by atoms with Crippen molar-refractivity contribution >= 4 is 128 Å². The van der Waals surface area contributed by atoms with Crippen LogP contribution in [0.1, 0.15) is 0 Å². The Morgan fingerprint density at radius 2 is 0.667 bits per heavy atom. The molecule has 0 radical (unpaired) electrons. The molecule has 0 fully saturated rings. The van der Waals surface area contributed by atoms with Crippen molar-refractivity contribution in [2.45, 2.75) is 19.3 Å². The van der Waals surface area contributed by atoms with Gasteiger partial charge in [-0.3, -0.25) is 0 Å². The largest absolute Gasteiger partial charge is 0.459 e. The number of carbonyl (C=O) groups excluding carboxylic acids is 4. The van der Waals surface area contributed by atoms with Gasteiger partial charge < -0.3 is 18.9 Å². The van der Waals surface area contributed by atoms with Crippen LogP contribution in [-0.2, 0) is 38.1 Å². The monoisotopic (exact) mass is 664 g/mol. The van der Waals surface area contributed by atoms with Crippen LogP contribution in [0.4, 0.5) is 0 Å². The lowest BCUT2D eigenvalue weighted by atomic mass is 10.1. The second-order valence-electron chi connectivity index (χ2n) is 6.29. The third-order valence-electron chi connectivity index (χ3n) is 3.64. The van der Waals surface area contributed by atoms with Crippen molar-refractivity contribution < 1.29 is 38.1 Å². The van der Waals surface area contributed by atoms with E-state index < -0.39 is 80.8 Å². The normalized spacial score (nSPS) is 11.0. The Hall–Kier alpha value is -0.840. The van der Waals surface area contributed by atoms with E-state index in [4.69, 9.17) is 112 Å². The maximum absolute atomic E-state index is 12.5. The number of halogens is 8. The standard InChI is InChI=1S/C20H16Cl8O8/c21-11(22)5-33-17(29)15(18(30)34-6-12(23)24)9-1-2-10(4-3-9)16(19(31)35-7-13(25)26)20(32)36-8-14(27)28/h1-4,11-14H,5-8H2. The molecule has 1 rings (SSSR count). The first-order valence-corrected chi connectivity index (χ1v) is 13.0. The first-order valence-electron chi connectivity index (χ1n) is 9.49. The minimum Gasteiger partial charge on any atom is -0.459 e. The molecule has 0 atom stereocenters. The molecule has 0 spiro atoms. The Labute approximate surface area is 245 Å². The van der Waals surface area contributed by atoms with Crippen molar-refractivity contribution in [3.05, 3.63) is 34.7 Å². The second-order valence-corrected chi connectivity index (χ2v) is 11.4. The zero-order valence-electron chi connectivity index (χ0n) is 17.7. The summed E-state index contributed by atoms with van der Waals surface area (Å²) >= 11 is 44.5. The lowest BCUT2D eigenvalue weighted by molar-refractivity contribution is -0.144. The Bertz CT molecular complexity index is 900. The van der Waals surface area contributed by atoms with Gasteiger partial charge in [-0.2, -0.15) is 0 Å². The Morgan fingerprint density at radius 3 is 0.833 bits per heavy atom. The van der Waals surface area contributed by atoms with E-state index in [2.05, 4.69) is 0 Å². The Morgan fingerprint density at radius 1 is 0.472 bits per heavy atom. The fraction of sp³-hybridized carbons (Fsp3) is 0.400. The van der Waals surface area contributed by atoms with Crippen LogP contribution < -0.4 is 10.4 Å². The molecule has 16 heteroatoms. The number of rotatable bonds is 12. The molecule has 0 N–H and O–H groups in total. The average Bonchev–Trinajstić information content (AvgIpc) is 2.80. The molecule has 0 heterocycles. The van der Waals surface area contributed by atoms with Crippen LogP contribution >= 0.6 is 92.8 Å². The van der Waals surface area contributed by atoms with Crippen LogP contribution in [0, 0.1) is 0 Å². The van der Waals surface area contributed by atoms with Crippen LogP contribution in [0.15, 0.2) is 24.3 Å². The topological polar surface area (TPSA) is 105 Å². The van der Waals surface area contributed by atoms with Crippen molar-refractivity contribution in [3.8, 4) is 0 Å². The van der Waals surface area contributed by atoms with Gasteiger partial charge in [0.2, 0.25) is 0 Å². The number of esters is 4. The van der Waals surface area contributed by atoms with E-state index in [9.17, 15) is 19.2 Å². The van der Waals surface area contributed by atoms with E-state index in [1.807, 2.05) is 0 Å². The van der Waals surface area contributed by atoms with Gasteiger partial charge >= 0.3 is 23.9 Å². The van der Waals surface area contributed by atoms with Crippen LogP contribution in [0.3, 0.4) is 0 Å². The predicted molar refractivity (Wildman–Crippen MR) is 138 cm³/mol. The highest BCUT2D eigenvalue weighted by Crippen LogP contribution is 2.11. The summed E-state index contributed by atoms with van der Waals surface area (Å²) in [6, 6.07) is 4.90. The zero-order chi connectivity index (χ0) is 27.4. The molecule has 200 valence electrons. The third-order valence-corrected chi connectivity index (χ3v) is 4.65. The zero-order valence-corrected chi connectivity index (χ0v) is 23.8. The highest BCUT2D eigenvalue weighted by atomic mass is 35.5. The molecular weight excluding hydrogens is 652 g/mol. The summed E-state index contributed by atoms with van der Waals surface area (Å²) in [6.45, 7) is -1.71. The van der Waals surface area contributed by atoms with Gasteiger partial charge in [-0.25, -0.2) is 19.2 Å². The van der Waals surface area contributed by atoms with Crippen LogP contribution in [0.2, 0.25) is 0 Å². The van der Waals surface area contributed by atoms with Gasteiger partial charge in [-0.05, 0) is 10.4 Å². The predicted octanol–water partition coefficient (Wildman–Crippen LogP) is 3.38. The maximum Gasteiger partial charge on any atom is 0.346 e. The number of benzene rings is 1. The molecule has 0 bridgehead atoms. The van der Waals surface area contributed by atoms with Gasteiger partial charge in [-0.1, -0.05) is 24.3 Å². The van der Waals surface area contributed by atoms with Crippen molar-refractivity contribution in [1.82, 2.24) is 0 Å². The molecule has 8 nitrogen and oxygen atoms in total. The molecule has 0 unspecified atom stereocenters. The summed E-state index contributed by atoms with van der Waals surface area (Å²) in [5, 5.41) is -0.0289. The quantitative estimate of drug-likeness (QED) is 0.145. The fourth-order valence-electron chi connectivity index (χ4n) is 2.29. The Balaban J connectivity index is 3.58. The van der Waals surface area contributed by atoms with E-state index in [1.54, 1.807) is 0 Å². The fourth-order valence-corrected chi connectivity index (χ4v) is 2.79. The summed E-state index contributed by atoms with van der Waals surface area (Å²) in [5.74, 6) is -4.47. The lowest BCUT2D eigenvalue weighted by Crippen LogP contribution is -2.29. The molecule has 0 aliphatic rings. The number of hydrogen-bond donors (Lipinski definition) is 0. The van der Waals surface area contributed by atoms with Crippen molar-refractivity contribution in [2.24, 2.45) is 0 Å². The van der Waals surface area contributed by atoms with Gasteiger partial charge in [0, 0.05) is 0 Å². The molecule has 0 saturated heterocycles. The summed E-state index contributed by atoms with van der Waals surface area (Å²) in [7, 11) is 0. The number of hydrogen-bond acceptors (Lipinski definition) is 8. The second kappa shape index (κ2) is 16.9. The molecule has 0 aromatic heterocycles. The summed E-state index contributed by atoms with van der Waals surface area (Å²) in [6.07, 6.45) is 0. The minimum atomic E-state index is -1.12. The molecule has 1 aromatic carbocycles. The molecular formula is C20H16Cl8O8. The summed E-state index contributed by atoms with van der Waals surface area (Å²) in [5.41, 5.74) is -1.12. The number of ether oxygens (including phenoxy) is 4. The average molecular weight is 668 g/mol. The number of carbonyl (C=O) groups is 4. The summed E-state index contributed by atoms with van der Waals surface area (Å²) in [4.78, 5) is 45.9. The van der Waals surface area contributed by atoms with Gasteiger partial charge in [-0.15, -0.1) is 92.8 Å². The van der Waals surface area contributed by atoms with Gasteiger partial charge in [0.25, 0.3) is 0 Å². The first-order chi connectivity index (χ1) is 16.8. The third kappa shape index (κ3) is 12.1. The highest BCUT2D eigenvalue weighted by Gasteiger charge is 2.26. The van der Waals surface area contributed by atoms with E-state index >= 15 is 0 Å². The molecule has 0 saturated carbocycles. The van der Waals surface area contributed by atoms with Crippen LogP contribution in [0.25, 0.3) is 11.1 Å². The summed E-state index contributed by atoms with van der Waals surface area (Å²) < 4.78 is 19.6.